The molecule has 13 heavy (non-hydrogen) atoms. The van der Waals surface area contributed by atoms with Crippen molar-refractivity contribution in [2.24, 2.45) is 5.41 Å². The highest BCUT2D eigenvalue weighted by Crippen LogP contribution is 2.31. The number of hydrogen-bond donors (Lipinski definition) is 0. The van der Waals surface area contributed by atoms with Crippen LogP contribution >= 0.6 is 0 Å². The Labute approximate surface area is 78.8 Å². The molecule has 2 heterocycles. The third kappa shape index (κ3) is 1.64. The van der Waals surface area contributed by atoms with Crippen LogP contribution in [0.3, 0.4) is 0 Å². The van der Waals surface area contributed by atoms with E-state index in [4.69, 9.17) is 0 Å². The smallest absolute Gasteiger partial charge is 0.132 e. The molecular formula is C10H15N3. The van der Waals surface area contributed by atoms with E-state index >= 15 is 0 Å². The van der Waals surface area contributed by atoms with Crippen LogP contribution in [-0.2, 0) is 0 Å². The van der Waals surface area contributed by atoms with Crippen molar-refractivity contribution in [2.45, 2.75) is 20.8 Å². The molecule has 0 bridgehead atoms. The van der Waals surface area contributed by atoms with Gasteiger partial charge in [0.25, 0.3) is 0 Å². The highest BCUT2D eigenvalue weighted by atomic mass is 15.3. The molecule has 1 aliphatic rings. The average molecular weight is 177 g/mol. The molecule has 0 radical (unpaired) electrons. The van der Waals surface area contributed by atoms with Gasteiger partial charge in [0.1, 0.15) is 11.6 Å². The second-order valence-corrected chi connectivity index (χ2v) is 4.48. The molecule has 1 saturated heterocycles. The highest BCUT2D eigenvalue weighted by Gasteiger charge is 2.34. The Morgan fingerprint density at radius 1 is 1.38 bits per heavy atom. The van der Waals surface area contributed by atoms with Gasteiger partial charge < -0.3 is 4.90 Å². The van der Waals surface area contributed by atoms with E-state index in [9.17, 15) is 0 Å². The summed E-state index contributed by atoms with van der Waals surface area (Å²) in [5, 5.41) is 0. The maximum atomic E-state index is 4.38. The van der Waals surface area contributed by atoms with Gasteiger partial charge in [0, 0.05) is 19.3 Å². The van der Waals surface area contributed by atoms with Crippen molar-refractivity contribution in [3.8, 4) is 0 Å². The summed E-state index contributed by atoms with van der Waals surface area (Å²) >= 11 is 0. The molecule has 3 nitrogen and oxygen atoms in total. The molecule has 0 aromatic carbocycles. The van der Waals surface area contributed by atoms with Crippen LogP contribution in [0.4, 0.5) is 5.82 Å². The Balaban J connectivity index is 2.11. The van der Waals surface area contributed by atoms with Crippen LogP contribution in [0, 0.1) is 12.3 Å². The van der Waals surface area contributed by atoms with Crippen LogP contribution in [0.5, 0.6) is 0 Å². The zero-order valence-corrected chi connectivity index (χ0v) is 8.41. The first-order valence-corrected chi connectivity index (χ1v) is 4.61. The van der Waals surface area contributed by atoms with Crippen LogP contribution in [0.2, 0.25) is 0 Å². The number of aryl methyl sites for hydroxylation is 1. The summed E-state index contributed by atoms with van der Waals surface area (Å²) in [7, 11) is 0. The van der Waals surface area contributed by atoms with Gasteiger partial charge in [-0.15, -0.1) is 0 Å². The summed E-state index contributed by atoms with van der Waals surface area (Å²) < 4.78 is 0. The van der Waals surface area contributed by atoms with Crippen molar-refractivity contribution in [3.63, 3.8) is 0 Å². The predicted molar refractivity (Wildman–Crippen MR) is 52.8 cm³/mol. The van der Waals surface area contributed by atoms with Crippen molar-refractivity contribution in [1.29, 1.82) is 0 Å². The van der Waals surface area contributed by atoms with Crippen molar-refractivity contribution >= 4 is 5.82 Å². The third-order valence-electron chi connectivity index (χ3n) is 2.32. The summed E-state index contributed by atoms with van der Waals surface area (Å²) in [6.45, 7) is 8.68. The summed E-state index contributed by atoms with van der Waals surface area (Å²) in [5.74, 6) is 1.91. The van der Waals surface area contributed by atoms with Crippen molar-refractivity contribution in [3.05, 3.63) is 18.1 Å². The lowest BCUT2D eigenvalue weighted by molar-refractivity contribution is 0.274. The fourth-order valence-electron chi connectivity index (χ4n) is 1.77. The first-order valence-electron chi connectivity index (χ1n) is 4.61. The molecule has 3 heteroatoms. The summed E-state index contributed by atoms with van der Waals surface area (Å²) in [6, 6.07) is 1.97. The first kappa shape index (κ1) is 8.48. The van der Waals surface area contributed by atoms with E-state index in [1.165, 1.54) is 0 Å². The number of aromatic nitrogens is 2. The van der Waals surface area contributed by atoms with Gasteiger partial charge >= 0.3 is 0 Å². The highest BCUT2D eigenvalue weighted by molar-refractivity contribution is 5.41. The fourth-order valence-corrected chi connectivity index (χ4v) is 1.77. The van der Waals surface area contributed by atoms with Gasteiger partial charge in [0.05, 0.1) is 0 Å². The average Bonchev–Trinajstić information content (AvgIpc) is 2.00. The minimum atomic E-state index is 0.457. The largest absolute Gasteiger partial charge is 0.355 e. The Kier molecular flexibility index (Phi) is 1.75. The SMILES string of the molecule is Cc1nccc(N2CC(C)(C)C2)n1. The Bertz CT molecular complexity index is 312. The number of anilines is 1. The topological polar surface area (TPSA) is 29.0 Å². The second kappa shape index (κ2) is 2.69. The minimum Gasteiger partial charge on any atom is -0.355 e. The Morgan fingerprint density at radius 3 is 2.62 bits per heavy atom. The normalized spacial score (nSPS) is 19.8. The number of rotatable bonds is 1. The van der Waals surface area contributed by atoms with Gasteiger partial charge in [-0.25, -0.2) is 9.97 Å². The molecule has 1 aliphatic heterocycles. The summed E-state index contributed by atoms with van der Waals surface area (Å²) in [6.07, 6.45) is 1.82. The zero-order valence-electron chi connectivity index (χ0n) is 8.41. The lowest BCUT2D eigenvalue weighted by atomic mass is 9.84. The van der Waals surface area contributed by atoms with Gasteiger partial charge in [0.15, 0.2) is 0 Å². The third-order valence-corrected chi connectivity index (χ3v) is 2.32. The standard InChI is InChI=1S/C10H15N3/c1-8-11-5-4-9(12-8)13-6-10(2,3)7-13/h4-5H,6-7H2,1-3H3. The van der Waals surface area contributed by atoms with Crippen molar-refractivity contribution in [2.75, 3.05) is 18.0 Å². The molecule has 0 spiro atoms. The fraction of sp³-hybridized carbons (Fsp3) is 0.600. The molecule has 70 valence electrons. The van der Waals surface area contributed by atoms with Gasteiger partial charge in [-0.1, -0.05) is 13.8 Å². The molecule has 2 rings (SSSR count). The van der Waals surface area contributed by atoms with Crippen LogP contribution in [0.15, 0.2) is 12.3 Å². The second-order valence-electron chi connectivity index (χ2n) is 4.48. The van der Waals surface area contributed by atoms with E-state index in [1.54, 1.807) is 0 Å². The van der Waals surface area contributed by atoms with Gasteiger partial charge in [-0.2, -0.15) is 0 Å². The number of hydrogen-bond acceptors (Lipinski definition) is 3. The minimum absolute atomic E-state index is 0.457. The lowest BCUT2D eigenvalue weighted by Crippen LogP contribution is -2.53. The maximum Gasteiger partial charge on any atom is 0.132 e. The van der Waals surface area contributed by atoms with Crippen LogP contribution in [0.25, 0.3) is 0 Å². The molecule has 1 aromatic rings. The molecule has 0 atom stereocenters. The van der Waals surface area contributed by atoms with Crippen molar-refractivity contribution < 1.29 is 0 Å². The van der Waals surface area contributed by atoms with Crippen molar-refractivity contribution in [1.82, 2.24) is 9.97 Å². The van der Waals surface area contributed by atoms with Gasteiger partial charge in [-0.3, -0.25) is 0 Å². The Morgan fingerprint density at radius 2 is 2.08 bits per heavy atom. The van der Waals surface area contributed by atoms with E-state index in [-0.39, 0.29) is 0 Å². The van der Waals surface area contributed by atoms with E-state index in [2.05, 4.69) is 28.7 Å². The van der Waals surface area contributed by atoms with E-state index in [0.717, 1.165) is 24.7 Å². The molecule has 1 fully saturated rings. The van der Waals surface area contributed by atoms with Crippen LogP contribution in [0.1, 0.15) is 19.7 Å². The maximum absolute atomic E-state index is 4.38. The van der Waals surface area contributed by atoms with Crippen LogP contribution < -0.4 is 4.90 Å². The van der Waals surface area contributed by atoms with E-state index in [1.807, 2.05) is 19.2 Å². The summed E-state index contributed by atoms with van der Waals surface area (Å²) in [5.41, 5.74) is 0.457. The number of nitrogens with zero attached hydrogens (tertiary/aromatic N) is 3. The first-order chi connectivity index (χ1) is 6.07. The lowest BCUT2D eigenvalue weighted by Gasteiger charge is -2.46. The van der Waals surface area contributed by atoms with Gasteiger partial charge in [0.2, 0.25) is 0 Å². The quantitative estimate of drug-likeness (QED) is 0.653. The monoisotopic (exact) mass is 177 g/mol. The molecule has 1 aromatic heterocycles. The molecular weight excluding hydrogens is 162 g/mol. The molecule has 0 N–H and O–H groups in total. The molecule has 0 amide bonds. The van der Waals surface area contributed by atoms with Gasteiger partial charge in [-0.05, 0) is 18.4 Å². The molecule has 0 aliphatic carbocycles. The van der Waals surface area contributed by atoms with E-state index < -0.39 is 0 Å². The predicted octanol–water partition coefficient (Wildman–Crippen LogP) is 1.63. The summed E-state index contributed by atoms with van der Waals surface area (Å²) in [4.78, 5) is 10.7. The van der Waals surface area contributed by atoms with Crippen LogP contribution in [-0.4, -0.2) is 23.1 Å². The molecule has 0 unspecified atom stereocenters. The van der Waals surface area contributed by atoms with E-state index in [0.29, 0.717) is 5.41 Å². The Hall–Kier alpha value is -1.12. The zero-order chi connectivity index (χ0) is 9.47. The molecule has 0 saturated carbocycles.